The number of methoxy groups -OCH3 is 1. The lowest BCUT2D eigenvalue weighted by Crippen LogP contribution is -2.60. The summed E-state index contributed by atoms with van der Waals surface area (Å²) >= 11 is 0. The molecule has 2 fully saturated rings. The summed E-state index contributed by atoms with van der Waals surface area (Å²) in [4.78, 5) is 27.1. The lowest BCUT2D eigenvalue weighted by Gasteiger charge is -2.44. The number of amides is 2. The van der Waals surface area contributed by atoms with Gasteiger partial charge in [0.25, 0.3) is 0 Å². The molecule has 0 aromatic heterocycles. The maximum Gasteiger partial charge on any atom is 0.326 e. The third-order valence-electron chi connectivity index (χ3n) is 4.00. The zero-order valence-electron chi connectivity index (χ0n) is 12.2. The van der Waals surface area contributed by atoms with E-state index in [0.717, 1.165) is 0 Å². The van der Waals surface area contributed by atoms with Gasteiger partial charge in [0, 0.05) is 26.6 Å². The molecule has 7 heteroatoms. The molecule has 20 heavy (non-hydrogen) atoms. The van der Waals surface area contributed by atoms with Gasteiger partial charge in [-0.1, -0.05) is 0 Å². The van der Waals surface area contributed by atoms with Crippen LogP contribution in [0.25, 0.3) is 0 Å². The number of ether oxygens (including phenoxy) is 2. The molecule has 2 rings (SSSR count). The molecule has 2 unspecified atom stereocenters. The fourth-order valence-corrected chi connectivity index (χ4v) is 2.78. The van der Waals surface area contributed by atoms with Gasteiger partial charge in [-0.15, -0.1) is 0 Å². The van der Waals surface area contributed by atoms with Crippen LogP contribution >= 0.6 is 0 Å². The van der Waals surface area contributed by atoms with Gasteiger partial charge in [-0.2, -0.15) is 0 Å². The number of rotatable bonds is 2. The average molecular weight is 286 g/mol. The third kappa shape index (κ3) is 2.73. The molecule has 2 aliphatic heterocycles. The molecule has 0 spiro atoms. The molecule has 0 radical (unpaired) electrons. The standard InChI is InChI=1S/C13H22N2O5/c1-13(2)8-20-5-4-15(13)12(18)14-7-9(19-3)6-10(14)11(16)17/h9-10H,4-8H2,1-3H3,(H,16,17). The first-order valence-corrected chi connectivity index (χ1v) is 6.78. The van der Waals surface area contributed by atoms with Crippen molar-refractivity contribution in [2.24, 2.45) is 0 Å². The molecule has 0 bridgehead atoms. The quantitative estimate of drug-likeness (QED) is 0.794. The van der Waals surface area contributed by atoms with E-state index in [1.54, 1.807) is 4.90 Å². The molecule has 1 N–H and O–H groups in total. The smallest absolute Gasteiger partial charge is 0.326 e. The molecule has 2 saturated heterocycles. The van der Waals surface area contributed by atoms with Gasteiger partial charge < -0.3 is 24.4 Å². The van der Waals surface area contributed by atoms with E-state index in [4.69, 9.17) is 9.47 Å². The molecule has 0 saturated carbocycles. The van der Waals surface area contributed by atoms with Crippen molar-refractivity contribution in [3.8, 4) is 0 Å². The van der Waals surface area contributed by atoms with E-state index in [2.05, 4.69) is 0 Å². The normalized spacial score (nSPS) is 29.6. The van der Waals surface area contributed by atoms with E-state index in [1.165, 1.54) is 12.0 Å². The monoisotopic (exact) mass is 286 g/mol. The number of urea groups is 1. The predicted molar refractivity (Wildman–Crippen MR) is 70.5 cm³/mol. The SMILES string of the molecule is COC1CC(C(=O)O)N(C(=O)N2CCOCC2(C)C)C1. The Hall–Kier alpha value is -1.34. The Morgan fingerprint density at radius 1 is 1.40 bits per heavy atom. The molecule has 2 atom stereocenters. The Bertz CT molecular complexity index is 398. The topological polar surface area (TPSA) is 79.3 Å². The Kier molecular flexibility index (Phi) is 4.19. The van der Waals surface area contributed by atoms with E-state index in [1.807, 2.05) is 13.8 Å². The van der Waals surface area contributed by atoms with Crippen LogP contribution in [0.1, 0.15) is 20.3 Å². The number of carbonyl (C=O) groups is 2. The minimum absolute atomic E-state index is 0.218. The van der Waals surface area contributed by atoms with Crippen molar-refractivity contribution in [2.45, 2.75) is 38.0 Å². The molecular weight excluding hydrogens is 264 g/mol. The highest BCUT2D eigenvalue weighted by atomic mass is 16.5. The summed E-state index contributed by atoms with van der Waals surface area (Å²) in [7, 11) is 1.54. The molecule has 0 aliphatic carbocycles. The highest BCUT2D eigenvalue weighted by molar-refractivity contribution is 5.84. The number of likely N-dealkylation sites (tertiary alicyclic amines) is 1. The Morgan fingerprint density at radius 3 is 2.65 bits per heavy atom. The van der Waals surface area contributed by atoms with Crippen molar-refractivity contribution in [1.82, 2.24) is 9.80 Å². The maximum atomic E-state index is 12.7. The minimum atomic E-state index is -0.982. The number of carbonyl (C=O) groups excluding carboxylic acids is 1. The van der Waals surface area contributed by atoms with Crippen LogP contribution in [0.3, 0.4) is 0 Å². The zero-order chi connectivity index (χ0) is 14.9. The maximum absolute atomic E-state index is 12.7. The third-order valence-corrected chi connectivity index (χ3v) is 4.00. The number of nitrogens with zero attached hydrogens (tertiary/aromatic N) is 2. The first-order valence-electron chi connectivity index (χ1n) is 6.78. The second kappa shape index (κ2) is 5.57. The molecule has 0 aromatic carbocycles. The van der Waals surface area contributed by atoms with E-state index in [0.29, 0.717) is 32.7 Å². The van der Waals surface area contributed by atoms with Gasteiger partial charge in [-0.25, -0.2) is 9.59 Å². The Balaban J connectivity index is 2.16. The summed E-state index contributed by atoms with van der Waals surface area (Å²) in [5, 5.41) is 9.28. The number of aliphatic carboxylic acids is 1. The average Bonchev–Trinajstić information content (AvgIpc) is 2.82. The Morgan fingerprint density at radius 2 is 2.10 bits per heavy atom. The number of morpholine rings is 1. The van der Waals surface area contributed by atoms with Crippen molar-refractivity contribution in [3.63, 3.8) is 0 Å². The summed E-state index contributed by atoms with van der Waals surface area (Å²) < 4.78 is 10.6. The van der Waals surface area contributed by atoms with E-state index in [-0.39, 0.29) is 12.1 Å². The highest BCUT2D eigenvalue weighted by Gasteiger charge is 2.44. The fraction of sp³-hybridized carbons (Fsp3) is 0.846. The van der Waals surface area contributed by atoms with Crippen LogP contribution in [0.15, 0.2) is 0 Å². The number of carboxylic acid groups (broad SMARTS) is 1. The highest BCUT2D eigenvalue weighted by Crippen LogP contribution is 2.26. The van der Waals surface area contributed by atoms with Gasteiger partial charge in [0.15, 0.2) is 0 Å². The van der Waals surface area contributed by atoms with Gasteiger partial charge >= 0.3 is 12.0 Å². The molecular formula is C13H22N2O5. The van der Waals surface area contributed by atoms with E-state index >= 15 is 0 Å². The molecule has 114 valence electrons. The summed E-state index contributed by atoms with van der Waals surface area (Å²) in [5.41, 5.74) is -0.427. The van der Waals surface area contributed by atoms with Crippen molar-refractivity contribution >= 4 is 12.0 Å². The largest absolute Gasteiger partial charge is 0.480 e. The van der Waals surface area contributed by atoms with Crippen molar-refractivity contribution in [1.29, 1.82) is 0 Å². The van der Waals surface area contributed by atoms with Gasteiger partial charge in [0.1, 0.15) is 6.04 Å². The van der Waals surface area contributed by atoms with Crippen LogP contribution < -0.4 is 0 Å². The van der Waals surface area contributed by atoms with E-state index in [9.17, 15) is 14.7 Å². The van der Waals surface area contributed by atoms with Crippen LogP contribution in [0.5, 0.6) is 0 Å². The van der Waals surface area contributed by atoms with Crippen molar-refractivity contribution < 1.29 is 24.2 Å². The van der Waals surface area contributed by atoms with Crippen LogP contribution in [-0.2, 0) is 14.3 Å². The molecule has 2 amide bonds. The molecule has 2 aliphatic rings. The fourth-order valence-electron chi connectivity index (χ4n) is 2.78. The first kappa shape index (κ1) is 15.1. The second-order valence-corrected chi connectivity index (χ2v) is 5.90. The molecule has 2 heterocycles. The van der Waals surface area contributed by atoms with Crippen LogP contribution in [-0.4, -0.2) is 78.0 Å². The van der Waals surface area contributed by atoms with Crippen LogP contribution in [0, 0.1) is 0 Å². The second-order valence-electron chi connectivity index (χ2n) is 5.90. The van der Waals surface area contributed by atoms with Crippen molar-refractivity contribution in [3.05, 3.63) is 0 Å². The summed E-state index contributed by atoms with van der Waals surface area (Å²) in [5.74, 6) is -0.982. The Labute approximate surface area is 118 Å². The number of hydrogen-bond acceptors (Lipinski definition) is 4. The first-order chi connectivity index (χ1) is 9.36. The number of hydrogen-bond donors (Lipinski definition) is 1. The van der Waals surface area contributed by atoms with Crippen LogP contribution in [0.2, 0.25) is 0 Å². The summed E-state index contributed by atoms with van der Waals surface area (Å²) in [6.45, 7) is 5.58. The van der Waals surface area contributed by atoms with E-state index < -0.39 is 17.6 Å². The lowest BCUT2D eigenvalue weighted by molar-refractivity contribution is -0.141. The summed E-state index contributed by atoms with van der Waals surface area (Å²) in [6, 6.07) is -1.06. The minimum Gasteiger partial charge on any atom is -0.480 e. The van der Waals surface area contributed by atoms with Gasteiger partial charge in [0.2, 0.25) is 0 Å². The summed E-state index contributed by atoms with van der Waals surface area (Å²) in [6.07, 6.45) is 0.117. The van der Waals surface area contributed by atoms with Crippen LogP contribution in [0.4, 0.5) is 4.79 Å². The van der Waals surface area contributed by atoms with Crippen molar-refractivity contribution in [2.75, 3.05) is 33.4 Å². The molecule has 7 nitrogen and oxygen atoms in total. The lowest BCUT2D eigenvalue weighted by atomic mass is 10.0. The molecule has 0 aromatic rings. The van der Waals surface area contributed by atoms with Gasteiger partial charge in [-0.05, 0) is 13.8 Å². The number of carboxylic acids is 1. The van der Waals surface area contributed by atoms with Gasteiger partial charge in [-0.3, -0.25) is 0 Å². The zero-order valence-corrected chi connectivity index (χ0v) is 12.2. The van der Waals surface area contributed by atoms with Gasteiger partial charge in [0.05, 0.1) is 24.9 Å². The predicted octanol–water partition coefficient (Wildman–Crippen LogP) is 0.391.